The molecule has 0 radical (unpaired) electrons. The van der Waals surface area contributed by atoms with Crippen LogP contribution in [0.3, 0.4) is 0 Å². The van der Waals surface area contributed by atoms with Crippen LogP contribution < -0.4 is 24.6 Å². The molecule has 2 aromatic rings. The first-order chi connectivity index (χ1) is 14.1. The van der Waals surface area contributed by atoms with Gasteiger partial charge in [-0.1, -0.05) is 0 Å². The van der Waals surface area contributed by atoms with Gasteiger partial charge in [0.1, 0.15) is 19.8 Å². The molecule has 2 aliphatic heterocycles. The number of fused-ring (bicyclic) bond motifs is 1. The molecule has 4 rings (SSSR count). The molecular weight excluding hydrogens is 370 g/mol. The molecule has 0 bridgehead atoms. The Morgan fingerprint density at radius 3 is 2.38 bits per heavy atom. The van der Waals surface area contributed by atoms with Gasteiger partial charge in [-0.2, -0.15) is 0 Å². The van der Waals surface area contributed by atoms with Crippen LogP contribution in [0.25, 0.3) is 0 Å². The third-order valence-electron chi connectivity index (χ3n) is 5.14. The summed E-state index contributed by atoms with van der Waals surface area (Å²) < 4.78 is 11.0. The van der Waals surface area contributed by atoms with Gasteiger partial charge < -0.3 is 24.6 Å². The zero-order valence-corrected chi connectivity index (χ0v) is 16.5. The van der Waals surface area contributed by atoms with Crippen LogP contribution in [0.2, 0.25) is 0 Å². The molecule has 2 aliphatic rings. The van der Waals surface area contributed by atoms with Gasteiger partial charge in [-0.25, -0.2) is 0 Å². The maximum atomic E-state index is 12.6. The monoisotopic (exact) mass is 395 g/mol. The summed E-state index contributed by atoms with van der Waals surface area (Å²) >= 11 is 0. The molecule has 0 aromatic heterocycles. The van der Waals surface area contributed by atoms with E-state index in [4.69, 9.17) is 9.47 Å². The van der Waals surface area contributed by atoms with Crippen molar-refractivity contribution >= 4 is 28.9 Å². The Bertz CT molecular complexity index is 891. The van der Waals surface area contributed by atoms with Gasteiger partial charge in [-0.15, -0.1) is 0 Å². The molecule has 1 N–H and O–H groups in total. The average Bonchev–Trinajstić information content (AvgIpc) is 3.27. The molecule has 7 heteroatoms. The smallest absolute Gasteiger partial charge is 0.244 e. The zero-order chi connectivity index (χ0) is 20.2. The SMILES string of the molecule is CC(=O)N(CC(=O)Nc1ccc2c(c1)OCCO2)c1ccc(N2CCCC2)cc1. The number of anilines is 3. The number of nitrogens with zero attached hydrogens (tertiary/aromatic N) is 2. The molecule has 0 aliphatic carbocycles. The first-order valence-corrected chi connectivity index (χ1v) is 9.93. The van der Waals surface area contributed by atoms with E-state index in [1.807, 2.05) is 24.3 Å². The van der Waals surface area contributed by atoms with Crippen molar-refractivity contribution in [1.29, 1.82) is 0 Å². The Labute approximate surface area is 170 Å². The quantitative estimate of drug-likeness (QED) is 0.843. The van der Waals surface area contributed by atoms with Crippen molar-refractivity contribution in [3.05, 3.63) is 42.5 Å². The molecule has 2 heterocycles. The maximum absolute atomic E-state index is 12.6. The Morgan fingerprint density at radius 1 is 1.00 bits per heavy atom. The third-order valence-corrected chi connectivity index (χ3v) is 5.14. The van der Waals surface area contributed by atoms with Crippen molar-refractivity contribution in [3.63, 3.8) is 0 Å². The fourth-order valence-corrected chi connectivity index (χ4v) is 3.67. The normalized spacial score (nSPS) is 15.1. The van der Waals surface area contributed by atoms with Crippen molar-refractivity contribution in [1.82, 2.24) is 0 Å². The number of hydrogen-bond donors (Lipinski definition) is 1. The standard InChI is InChI=1S/C22H25N3O4/c1-16(26)25(19-7-5-18(6-8-19)24-10-2-3-11-24)15-22(27)23-17-4-9-20-21(14-17)29-13-12-28-20/h4-9,14H,2-3,10-13,15H2,1H3,(H,23,27). The van der Waals surface area contributed by atoms with Crippen LogP contribution in [-0.2, 0) is 9.59 Å². The highest BCUT2D eigenvalue weighted by molar-refractivity contribution is 6.02. The van der Waals surface area contributed by atoms with Crippen LogP contribution in [0.15, 0.2) is 42.5 Å². The third kappa shape index (κ3) is 4.45. The van der Waals surface area contributed by atoms with Crippen molar-refractivity contribution in [2.75, 3.05) is 48.0 Å². The molecule has 1 saturated heterocycles. The predicted molar refractivity (Wildman–Crippen MR) is 112 cm³/mol. The summed E-state index contributed by atoms with van der Waals surface area (Å²) in [5.74, 6) is 0.810. The maximum Gasteiger partial charge on any atom is 0.244 e. The number of carbonyl (C=O) groups is 2. The minimum absolute atomic E-state index is 0.0627. The second-order valence-corrected chi connectivity index (χ2v) is 7.22. The van der Waals surface area contributed by atoms with E-state index in [1.54, 1.807) is 18.2 Å². The number of hydrogen-bond acceptors (Lipinski definition) is 5. The van der Waals surface area contributed by atoms with Gasteiger partial charge in [-0.05, 0) is 49.2 Å². The molecule has 0 unspecified atom stereocenters. The topological polar surface area (TPSA) is 71.1 Å². The molecule has 0 spiro atoms. The van der Waals surface area contributed by atoms with Crippen molar-refractivity contribution in [3.8, 4) is 11.5 Å². The fraction of sp³-hybridized carbons (Fsp3) is 0.364. The number of benzene rings is 2. The highest BCUT2D eigenvalue weighted by Crippen LogP contribution is 2.32. The molecule has 1 fully saturated rings. The van der Waals surface area contributed by atoms with E-state index < -0.39 is 0 Å². The summed E-state index contributed by atoms with van der Waals surface area (Å²) in [7, 11) is 0. The van der Waals surface area contributed by atoms with E-state index in [2.05, 4.69) is 10.2 Å². The number of rotatable bonds is 5. The van der Waals surface area contributed by atoms with Crippen LogP contribution in [0.1, 0.15) is 19.8 Å². The highest BCUT2D eigenvalue weighted by atomic mass is 16.6. The average molecular weight is 395 g/mol. The lowest BCUT2D eigenvalue weighted by atomic mass is 10.2. The van der Waals surface area contributed by atoms with Gasteiger partial charge in [0.15, 0.2) is 11.5 Å². The van der Waals surface area contributed by atoms with E-state index in [1.165, 1.54) is 24.7 Å². The minimum atomic E-state index is -0.277. The van der Waals surface area contributed by atoms with Crippen LogP contribution in [0.4, 0.5) is 17.1 Å². The van der Waals surface area contributed by atoms with Crippen molar-refractivity contribution in [2.24, 2.45) is 0 Å². The lowest BCUT2D eigenvalue weighted by Crippen LogP contribution is -2.36. The Morgan fingerprint density at radius 2 is 1.69 bits per heavy atom. The summed E-state index contributed by atoms with van der Waals surface area (Å²) in [6.45, 7) is 4.53. The van der Waals surface area contributed by atoms with E-state index in [-0.39, 0.29) is 18.4 Å². The largest absolute Gasteiger partial charge is 0.486 e. The second kappa shape index (κ2) is 8.43. The molecule has 2 amide bonds. The van der Waals surface area contributed by atoms with Gasteiger partial charge in [0, 0.05) is 43.1 Å². The minimum Gasteiger partial charge on any atom is -0.486 e. The number of ether oxygens (including phenoxy) is 2. The van der Waals surface area contributed by atoms with Gasteiger partial charge >= 0.3 is 0 Å². The Kier molecular flexibility index (Phi) is 5.55. The number of nitrogens with one attached hydrogen (secondary N) is 1. The van der Waals surface area contributed by atoms with Crippen LogP contribution >= 0.6 is 0 Å². The van der Waals surface area contributed by atoms with Gasteiger partial charge in [-0.3, -0.25) is 9.59 Å². The number of carbonyl (C=O) groups excluding carboxylic acids is 2. The second-order valence-electron chi connectivity index (χ2n) is 7.22. The van der Waals surface area contributed by atoms with Gasteiger partial charge in [0.05, 0.1) is 0 Å². The van der Waals surface area contributed by atoms with Crippen LogP contribution in [0.5, 0.6) is 11.5 Å². The lowest BCUT2D eigenvalue weighted by Gasteiger charge is -2.23. The molecule has 152 valence electrons. The fourth-order valence-electron chi connectivity index (χ4n) is 3.67. The van der Waals surface area contributed by atoms with E-state index >= 15 is 0 Å². The molecule has 2 aromatic carbocycles. The van der Waals surface area contributed by atoms with Crippen molar-refractivity contribution in [2.45, 2.75) is 19.8 Å². The molecule has 29 heavy (non-hydrogen) atoms. The summed E-state index contributed by atoms with van der Waals surface area (Å²) in [6.07, 6.45) is 2.42. The first-order valence-electron chi connectivity index (χ1n) is 9.93. The summed E-state index contributed by atoms with van der Waals surface area (Å²) in [5.41, 5.74) is 2.46. The molecule has 0 atom stereocenters. The zero-order valence-electron chi connectivity index (χ0n) is 16.5. The summed E-state index contributed by atoms with van der Waals surface area (Å²) in [4.78, 5) is 28.5. The Balaban J connectivity index is 1.42. The van der Waals surface area contributed by atoms with Gasteiger partial charge in [0.25, 0.3) is 0 Å². The van der Waals surface area contributed by atoms with E-state index in [0.717, 1.165) is 18.8 Å². The molecule has 0 saturated carbocycles. The summed E-state index contributed by atoms with van der Waals surface area (Å²) in [6, 6.07) is 13.1. The van der Waals surface area contributed by atoms with Crippen molar-refractivity contribution < 1.29 is 19.1 Å². The predicted octanol–water partition coefficient (Wildman–Crippen LogP) is 3.05. The first kappa shape index (κ1) is 19.1. The van der Waals surface area contributed by atoms with E-state index in [0.29, 0.717) is 36.1 Å². The van der Waals surface area contributed by atoms with Gasteiger partial charge in [0.2, 0.25) is 11.8 Å². The molecular formula is C22H25N3O4. The van der Waals surface area contributed by atoms with Crippen LogP contribution in [0, 0.1) is 0 Å². The number of amides is 2. The highest BCUT2D eigenvalue weighted by Gasteiger charge is 2.18. The van der Waals surface area contributed by atoms with Crippen LogP contribution in [-0.4, -0.2) is 44.7 Å². The lowest BCUT2D eigenvalue weighted by molar-refractivity contribution is -0.120. The molecule has 7 nitrogen and oxygen atoms in total. The van der Waals surface area contributed by atoms with E-state index in [9.17, 15) is 9.59 Å². The summed E-state index contributed by atoms with van der Waals surface area (Å²) in [5, 5.41) is 2.83. The Hall–Kier alpha value is -3.22.